The Labute approximate surface area is 148 Å². The van der Waals surface area contributed by atoms with Crippen LogP contribution in [0.15, 0.2) is 54.6 Å². The molecule has 2 aromatic carbocycles. The number of hydrogen-bond donors (Lipinski definition) is 4. The van der Waals surface area contributed by atoms with Crippen molar-refractivity contribution in [1.82, 2.24) is 10.6 Å². The van der Waals surface area contributed by atoms with E-state index in [2.05, 4.69) is 10.6 Å². The predicted octanol–water partition coefficient (Wildman–Crippen LogP) is 3.14. The summed E-state index contributed by atoms with van der Waals surface area (Å²) in [6.07, 6.45) is 1.99. The van der Waals surface area contributed by atoms with E-state index in [1.165, 1.54) is 0 Å². The second-order valence-electron chi connectivity index (χ2n) is 6.22. The van der Waals surface area contributed by atoms with E-state index in [0.29, 0.717) is 19.3 Å². The summed E-state index contributed by atoms with van der Waals surface area (Å²) in [4.78, 5) is 12.3. The highest BCUT2D eigenvalue weighted by atomic mass is 16.3. The van der Waals surface area contributed by atoms with Gasteiger partial charge in [-0.05, 0) is 49.4 Å². The van der Waals surface area contributed by atoms with Gasteiger partial charge in [0.2, 0.25) is 0 Å². The fraction of sp³-hybridized carbons (Fsp3) is 0.350. The Bertz CT molecular complexity index is 644. The highest BCUT2D eigenvalue weighted by molar-refractivity contribution is 5.74. The second-order valence-corrected chi connectivity index (χ2v) is 6.22. The van der Waals surface area contributed by atoms with Crippen LogP contribution in [0.4, 0.5) is 4.79 Å². The number of urea groups is 1. The summed E-state index contributed by atoms with van der Waals surface area (Å²) < 4.78 is 0. The molecule has 4 N–H and O–H groups in total. The minimum Gasteiger partial charge on any atom is -0.508 e. The van der Waals surface area contributed by atoms with Gasteiger partial charge in [-0.15, -0.1) is 0 Å². The Kier molecular flexibility index (Phi) is 7.29. The summed E-state index contributed by atoms with van der Waals surface area (Å²) in [6.45, 7) is 2.04. The van der Waals surface area contributed by atoms with Crippen LogP contribution < -0.4 is 10.6 Å². The lowest BCUT2D eigenvalue weighted by Crippen LogP contribution is -2.43. The number of phenolic OH excluding ortho intramolecular Hbond substituents is 1. The molecule has 0 aliphatic heterocycles. The first-order valence-electron chi connectivity index (χ1n) is 8.59. The third-order valence-electron chi connectivity index (χ3n) is 4.01. The summed E-state index contributed by atoms with van der Waals surface area (Å²) in [6, 6.07) is 16.3. The van der Waals surface area contributed by atoms with E-state index in [9.17, 15) is 9.90 Å². The third kappa shape index (κ3) is 6.47. The molecule has 134 valence electrons. The highest BCUT2D eigenvalue weighted by Crippen LogP contribution is 2.18. The largest absolute Gasteiger partial charge is 0.508 e. The van der Waals surface area contributed by atoms with Gasteiger partial charge in [-0.2, -0.15) is 0 Å². The van der Waals surface area contributed by atoms with Gasteiger partial charge in [0.15, 0.2) is 0 Å². The molecule has 5 nitrogen and oxygen atoms in total. The van der Waals surface area contributed by atoms with Crippen LogP contribution in [0.1, 0.15) is 36.9 Å². The lowest BCUT2D eigenvalue weighted by atomic mass is 10.0. The molecule has 0 aliphatic rings. The Morgan fingerprint density at radius 2 is 1.72 bits per heavy atom. The van der Waals surface area contributed by atoms with Gasteiger partial charge in [-0.3, -0.25) is 0 Å². The molecule has 2 amide bonds. The zero-order valence-electron chi connectivity index (χ0n) is 14.5. The number of amides is 2. The molecule has 2 aromatic rings. The molecule has 0 saturated heterocycles. The van der Waals surface area contributed by atoms with Gasteiger partial charge in [-0.25, -0.2) is 4.79 Å². The van der Waals surface area contributed by atoms with Gasteiger partial charge < -0.3 is 20.8 Å². The van der Waals surface area contributed by atoms with Crippen LogP contribution in [0.3, 0.4) is 0 Å². The van der Waals surface area contributed by atoms with Crippen LogP contribution in [0.25, 0.3) is 0 Å². The van der Waals surface area contributed by atoms with Crippen LogP contribution in [0.2, 0.25) is 0 Å². The number of nitrogens with one attached hydrogen (secondary N) is 2. The molecule has 0 radical (unpaired) electrons. The van der Waals surface area contributed by atoms with Crippen molar-refractivity contribution in [3.05, 3.63) is 65.7 Å². The number of rotatable bonds is 8. The van der Waals surface area contributed by atoms with E-state index < -0.39 is 0 Å². The average Bonchev–Trinajstić information content (AvgIpc) is 2.61. The van der Waals surface area contributed by atoms with Crippen molar-refractivity contribution in [3.8, 4) is 5.75 Å². The molecule has 0 saturated carbocycles. The molecular formula is C20H26N2O3. The fourth-order valence-electron chi connectivity index (χ4n) is 2.76. The van der Waals surface area contributed by atoms with Crippen molar-refractivity contribution in [3.63, 3.8) is 0 Å². The Hall–Kier alpha value is -2.53. The van der Waals surface area contributed by atoms with E-state index in [4.69, 9.17) is 5.11 Å². The molecule has 0 aromatic heterocycles. The first kappa shape index (κ1) is 18.8. The summed E-state index contributed by atoms with van der Waals surface area (Å²) in [5.41, 5.74) is 2.07. The van der Waals surface area contributed by atoms with E-state index in [1.54, 1.807) is 12.1 Å². The molecule has 2 rings (SSSR count). The van der Waals surface area contributed by atoms with Crippen LogP contribution in [0.5, 0.6) is 5.75 Å². The quantitative estimate of drug-likeness (QED) is 0.595. The van der Waals surface area contributed by atoms with E-state index in [0.717, 1.165) is 11.1 Å². The molecule has 0 bridgehead atoms. The monoisotopic (exact) mass is 342 g/mol. The zero-order valence-corrected chi connectivity index (χ0v) is 14.5. The van der Waals surface area contributed by atoms with Crippen molar-refractivity contribution in [1.29, 1.82) is 0 Å². The number of hydrogen-bond acceptors (Lipinski definition) is 3. The van der Waals surface area contributed by atoms with Gasteiger partial charge in [0.05, 0.1) is 6.04 Å². The molecule has 0 heterocycles. The summed E-state index contributed by atoms with van der Waals surface area (Å²) in [5, 5.41) is 24.3. The third-order valence-corrected chi connectivity index (χ3v) is 4.01. The SMILES string of the molecule is CC(Cc1ccc(O)cc1)NC(=O)NC(CCCO)c1ccccc1. The molecule has 25 heavy (non-hydrogen) atoms. The Balaban J connectivity index is 1.90. The van der Waals surface area contributed by atoms with E-state index >= 15 is 0 Å². The maximum atomic E-state index is 12.3. The normalized spacial score (nSPS) is 13.0. The van der Waals surface area contributed by atoms with Gasteiger partial charge >= 0.3 is 6.03 Å². The number of aliphatic hydroxyl groups is 1. The summed E-state index contributed by atoms with van der Waals surface area (Å²) in [7, 11) is 0. The van der Waals surface area contributed by atoms with Gasteiger partial charge in [-0.1, -0.05) is 42.5 Å². The molecule has 0 spiro atoms. The van der Waals surface area contributed by atoms with Gasteiger partial charge in [0, 0.05) is 12.6 Å². The number of aromatic hydroxyl groups is 1. The van der Waals surface area contributed by atoms with Crippen molar-refractivity contribution >= 4 is 6.03 Å². The number of benzene rings is 2. The standard InChI is InChI=1S/C20H26N2O3/c1-15(14-16-9-11-18(24)12-10-16)21-20(25)22-19(8-5-13-23)17-6-3-2-4-7-17/h2-4,6-7,9-12,15,19,23-24H,5,8,13-14H2,1H3,(H2,21,22,25). The van der Waals surface area contributed by atoms with E-state index in [-0.39, 0.29) is 30.5 Å². The minimum absolute atomic E-state index is 0.0428. The molecule has 0 fully saturated rings. The second kappa shape index (κ2) is 9.69. The number of carbonyl (C=O) groups excluding carboxylic acids is 1. The lowest BCUT2D eigenvalue weighted by molar-refractivity contribution is 0.230. The topological polar surface area (TPSA) is 81.6 Å². The zero-order chi connectivity index (χ0) is 18.1. The van der Waals surface area contributed by atoms with Crippen LogP contribution in [0, 0.1) is 0 Å². The highest BCUT2D eigenvalue weighted by Gasteiger charge is 2.15. The maximum Gasteiger partial charge on any atom is 0.315 e. The predicted molar refractivity (Wildman–Crippen MR) is 98.4 cm³/mol. The smallest absolute Gasteiger partial charge is 0.315 e. The van der Waals surface area contributed by atoms with Crippen molar-refractivity contribution in [2.45, 2.75) is 38.3 Å². The first-order valence-corrected chi connectivity index (χ1v) is 8.59. The van der Waals surface area contributed by atoms with Crippen molar-refractivity contribution < 1.29 is 15.0 Å². The lowest BCUT2D eigenvalue weighted by Gasteiger charge is -2.21. The van der Waals surface area contributed by atoms with Crippen molar-refractivity contribution in [2.24, 2.45) is 0 Å². The molecule has 2 unspecified atom stereocenters. The number of carbonyl (C=O) groups is 1. The molecule has 5 heteroatoms. The summed E-state index contributed by atoms with van der Waals surface area (Å²) in [5.74, 6) is 0.233. The number of phenols is 1. The number of aliphatic hydroxyl groups excluding tert-OH is 1. The Morgan fingerprint density at radius 3 is 2.36 bits per heavy atom. The molecule has 0 aliphatic carbocycles. The van der Waals surface area contributed by atoms with E-state index in [1.807, 2.05) is 49.4 Å². The van der Waals surface area contributed by atoms with Gasteiger partial charge in [0.1, 0.15) is 5.75 Å². The fourth-order valence-corrected chi connectivity index (χ4v) is 2.76. The minimum atomic E-state index is -0.224. The van der Waals surface area contributed by atoms with Crippen LogP contribution >= 0.6 is 0 Å². The van der Waals surface area contributed by atoms with Gasteiger partial charge in [0.25, 0.3) is 0 Å². The average molecular weight is 342 g/mol. The Morgan fingerprint density at radius 1 is 1.04 bits per heavy atom. The molecular weight excluding hydrogens is 316 g/mol. The van der Waals surface area contributed by atoms with Crippen molar-refractivity contribution in [2.75, 3.05) is 6.61 Å². The molecule has 2 atom stereocenters. The first-order chi connectivity index (χ1) is 12.1. The maximum absolute atomic E-state index is 12.3. The van der Waals surface area contributed by atoms with Crippen LogP contribution in [-0.4, -0.2) is 28.9 Å². The van der Waals surface area contributed by atoms with Crippen LogP contribution in [-0.2, 0) is 6.42 Å². The summed E-state index contributed by atoms with van der Waals surface area (Å²) >= 11 is 0.